The molecule has 1 saturated heterocycles. The number of hydrogen-bond donors (Lipinski definition) is 0. The van der Waals surface area contributed by atoms with Gasteiger partial charge in [-0.05, 0) is 55.5 Å². The molecule has 4 nitrogen and oxygen atoms in total. The number of benzene rings is 1. The lowest BCUT2D eigenvalue weighted by Gasteiger charge is -2.35. The van der Waals surface area contributed by atoms with E-state index in [1.165, 1.54) is 27.0 Å². The standard InChI is InChI=1S/C25H32O4S3Si/c1-18-7-8-20-19(15-18)16-22(30-20)21-9-10-23(31-21)25(11-5-6-13-32(25,27)28)17-24(26)29-12-14-33(2,3)4/h7-10,15-16H,5-6,11-14,17H2,1-4H3/t25-/m0/s1. The van der Waals surface area contributed by atoms with Gasteiger partial charge in [0, 0.05) is 27.4 Å². The van der Waals surface area contributed by atoms with Gasteiger partial charge in [0.2, 0.25) is 0 Å². The summed E-state index contributed by atoms with van der Waals surface area (Å²) >= 11 is 3.23. The molecule has 2 aromatic heterocycles. The van der Waals surface area contributed by atoms with Crippen LogP contribution in [0.4, 0.5) is 0 Å². The maximum Gasteiger partial charge on any atom is 0.307 e. The average Bonchev–Trinajstić information content (AvgIpc) is 3.35. The van der Waals surface area contributed by atoms with E-state index in [2.05, 4.69) is 50.8 Å². The van der Waals surface area contributed by atoms with Crippen molar-refractivity contribution in [3.05, 3.63) is 46.8 Å². The number of hydrogen-bond acceptors (Lipinski definition) is 6. The van der Waals surface area contributed by atoms with Gasteiger partial charge in [0.1, 0.15) is 4.75 Å². The fourth-order valence-electron chi connectivity index (χ4n) is 4.37. The van der Waals surface area contributed by atoms with Crippen molar-refractivity contribution in [2.24, 2.45) is 0 Å². The minimum absolute atomic E-state index is 0.0907. The lowest BCUT2D eigenvalue weighted by molar-refractivity contribution is -0.144. The summed E-state index contributed by atoms with van der Waals surface area (Å²) in [6, 6.07) is 13.4. The number of sulfone groups is 1. The average molecular weight is 521 g/mol. The lowest BCUT2D eigenvalue weighted by atomic mass is 9.95. The molecule has 0 bridgehead atoms. The van der Waals surface area contributed by atoms with Crippen LogP contribution in [0, 0.1) is 6.92 Å². The fraction of sp³-hybridized carbons (Fsp3) is 0.480. The molecule has 1 aromatic carbocycles. The van der Waals surface area contributed by atoms with Gasteiger partial charge in [-0.2, -0.15) is 0 Å². The van der Waals surface area contributed by atoms with Crippen molar-refractivity contribution in [1.82, 2.24) is 0 Å². The molecule has 0 unspecified atom stereocenters. The van der Waals surface area contributed by atoms with E-state index in [0.717, 1.165) is 27.1 Å². The predicted molar refractivity (Wildman–Crippen MR) is 143 cm³/mol. The van der Waals surface area contributed by atoms with Crippen LogP contribution in [-0.2, 0) is 24.1 Å². The summed E-state index contributed by atoms with van der Waals surface area (Å²) in [6.45, 7) is 9.16. The third kappa shape index (κ3) is 5.29. The monoisotopic (exact) mass is 520 g/mol. The zero-order valence-electron chi connectivity index (χ0n) is 19.8. The zero-order chi connectivity index (χ0) is 23.9. The molecular formula is C25H32O4S3Si. The highest BCUT2D eigenvalue weighted by atomic mass is 32.2. The van der Waals surface area contributed by atoms with Crippen molar-refractivity contribution in [2.45, 2.75) is 63.0 Å². The van der Waals surface area contributed by atoms with Crippen LogP contribution < -0.4 is 0 Å². The van der Waals surface area contributed by atoms with Crippen molar-refractivity contribution in [3.8, 4) is 9.75 Å². The summed E-state index contributed by atoms with van der Waals surface area (Å²) < 4.78 is 32.4. The molecule has 178 valence electrons. The van der Waals surface area contributed by atoms with Crippen LogP contribution in [0.5, 0.6) is 0 Å². The molecule has 1 aliphatic heterocycles. The number of rotatable bonds is 7. The summed E-state index contributed by atoms with van der Waals surface area (Å²) in [5.74, 6) is -0.268. The molecule has 8 heteroatoms. The van der Waals surface area contributed by atoms with Gasteiger partial charge in [-0.15, -0.1) is 22.7 Å². The number of aryl methyl sites for hydroxylation is 1. The number of thiophene rings is 2. The van der Waals surface area contributed by atoms with E-state index in [-0.39, 0.29) is 12.2 Å². The number of fused-ring (bicyclic) bond motifs is 1. The molecule has 1 aliphatic rings. The summed E-state index contributed by atoms with van der Waals surface area (Å²) in [5, 5.41) is 1.20. The Bertz CT molecular complexity index is 1270. The first-order valence-corrected chi connectivity index (χ1v) is 18.5. The van der Waals surface area contributed by atoms with Crippen molar-refractivity contribution in [2.75, 3.05) is 12.4 Å². The first kappa shape index (κ1) is 24.6. The van der Waals surface area contributed by atoms with Crippen LogP contribution in [0.1, 0.15) is 36.1 Å². The van der Waals surface area contributed by atoms with Crippen molar-refractivity contribution >= 4 is 56.6 Å². The summed E-state index contributed by atoms with van der Waals surface area (Å²) in [6.07, 6.45) is 1.84. The molecule has 0 spiro atoms. The molecule has 1 atom stereocenters. The van der Waals surface area contributed by atoms with E-state index in [1.807, 2.05) is 12.1 Å². The van der Waals surface area contributed by atoms with E-state index in [9.17, 15) is 13.2 Å². The highest BCUT2D eigenvalue weighted by Gasteiger charge is 2.49. The largest absolute Gasteiger partial charge is 0.466 e. The van der Waals surface area contributed by atoms with Crippen LogP contribution in [0.2, 0.25) is 25.7 Å². The molecule has 4 rings (SSSR count). The third-order valence-corrected chi connectivity index (χ3v) is 13.4. The maximum atomic E-state index is 13.4. The Morgan fingerprint density at radius 1 is 1.06 bits per heavy atom. The van der Waals surface area contributed by atoms with Gasteiger partial charge < -0.3 is 4.74 Å². The van der Waals surface area contributed by atoms with E-state index in [1.54, 1.807) is 11.3 Å². The van der Waals surface area contributed by atoms with E-state index < -0.39 is 28.6 Å². The van der Waals surface area contributed by atoms with Crippen molar-refractivity contribution < 1.29 is 17.9 Å². The highest BCUT2D eigenvalue weighted by molar-refractivity contribution is 7.92. The van der Waals surface area contributed by atoms with Gasteiger partial charge >= 0.3 is 5.97 Å². The van der Waals surface area contributed by atoms with Gasteiger partial charge in [0.25, 0.3) is 0 Å². The maximum absolute atomic E-state index is 13.4. The van der Waals surface area contributed by atoms with Crippen LogP contribution in [0.15, 0.2) is 36.4 Å². The topological polar surface area (TPSA) is 60.4 Å². The number of ether oxygens (including phenoxy) is 1. The molecule has 3 aromatic rings. The molecule has 0 radical (unpaired) electrons. The Kier molecular flexibility index (Phi) is 6.93. The van der Waals surface area contributed by atoms with Gasteiger partial charge in [-0.1, -0.05) is 43.8 Å². The van der Waals surface area contributed by atoms with Gasteiger partial charge in [-0.25, -0.2) is 8.42 Å². The van der Waals surface area contributed by atoms with Gasteiger partial charge in [0.15, 0.2) is 9.84 Å². The SMILES string of the molecule is Cc1ccc2sc(-c3ccc([C@@]4(CC(=O)OCC[Si](C)(C)C)CCCCS4(=O)=O)s3)cc2c1. The number of carbonyl (C=O) groups is 1. The van der Waals surface area contributed by atoms with Crippen LogP contribution >= 0.6 is 22.7 Å². The summed E-state index contributed by atoms with van der Waals surface area (Å²) in [5.41, 5.74) is 1.22. The molecular weight excluding hydrogens is 489 g/mol. The highest BCUT2D eigenvalue weighted by Crippen LogP contribution is 2.48. The Hall–Kier alpha value is -1.48. The fourth-order valence-corrected chi connectivity index (χ4v) is 9.98. The molecule has 3 heterocycles. The number of carbonyl (C=O) groups excluding carboxylic acids is 1. The molecule has 0 amide bonds. The van der Waals surface area contributed by atoms with E-state index >= 15 is 0 Å². The lowest BCUT2D eigenvalue weighted by Crippen LogP contribution is -2.42. The Morgan fingerprint density at radius 2 is 1.85 bits per heavy atom. The third-order valence-electron chi connectivity index (χ3n) is 6.35. The van der Waals surface area contributed by atoms with Crippen molar-refractivity contribution in [1.29, 1.82) is 0 Å². The molecule has 33 heavy (non-hydrogen) atoms. The second kappa shape index (κ2) is 9.28. The van der Waals surface area contributed by atoms with Gasteiger partial charge in [-0.3, -0.25) is 4.79 Å². The van der Waals surface area contributed by atoms with Crippen LogP contribution in [-0.4, -0.2) is 34.8 Å². The van der Waals surface area contributed by atoms with Crippen LogP contribution in [0.25, 0.3) is 19.8 Å². The van der Waals surface area contributed by atoms with E-state index in [4.69, 9.17) is 4.74 Å². The summed E-state index contributed by atoms with van der Waals surface area (Å²) in [4.78, 5) is 15.8. The van der Waals surface area contributed by atoms with Gasteiger partial charge in [0.05, 0.1) is 18.8 Å². The zero-order valence-corrected chi connectivity index (χ0v) is 23.2. The summed E-state index contributed by atoms with van der Waals surface area (Å²) in [7, 11) is -4.80. The first-order valence-electron chi connectivity index (χ1n) is 11.5. The number of esters is 1. The Labute approximate surface area is 205 Å². The molecule has 0 N–H and O–H groups in total. The minimum atomic E-state index is -3.46. The molecule has 0 saturated carbocycles. The van der Waals surface area contributed by atoms with Crippen molar-refractivity contribution in [3.63, 3.8) is 0 Å². The van der Waals surface area contributed by atoms with E-state index in [0.29, 0.717) is 19.4 Å². The second-order valence-electron chi connectivity index (χ2n) is 10.3. The molecule has 0 aliphatic carbocycles. The first-order chi connectivity index (χ1) is 15.5. The van der Waals surface area contributed by atoms with Crippen LogP contribution in [0.3, 0.4) is 0 Å². The second-order valence-corrected chi connectivity index (χ2v) is 20.5. The quantitative estimate of drug-likeness (QED) is 0.248. The Morgan fingerprint density at radius 3 is 2.58 bits per heavy atom. The Balaban J connectivity index is 1.64. The smallest absolute Gasteiger partial charge is 0.307 e. The molecule has 1 fully saturated rings. The predicted octanol–water partition coefficient (Wildman–Crippen LogP) is 7.00. The normalized spacial score (nSPS) is 20.7. The minimum Gasteiger partial charge on any atom is -0.466 e.